The van der Waals surface area contributed by atoms with E-state index >= 15 is 0 Å². The first kappa shape index (κ1) is 11.5. The molecule has 1 heterocycles. The summed E-state index contributed by atoms with van der Waals surface area (Å²) in [7, 11) is 2.08. The van der Waals surface area contributed by atoms with Crippen LogP contribution in [0, 0.1) is 5.92 Å². The molecule has 16 heavy (non-hydrogen) atoms. The van der Waals surface area contributed by atoms with E-state index in [1.54, 1.807) is 0 Å². The van der Waals surface area contributed by atoms with Gasteiger partial charge >= 0.3 is 0 Å². The molecule has 0 spiro atoms. The number of nitrogens with two attached hydrogens (primary N) is 1. The zero-order valence-electron chi connectivity index (χ0n) is 10.2. The van der Waals surface area contributed by atoms with Crippen LogP contribution >= 0.6 is 0 Å². The van der Waals surface area contributed by atoms with Crippen molar-refractivity contribution in [1.29, 1.82) is 0 Å². The van der Waals surface area contributed by atoms with E-state index in [-0.39, 0.29) is 0 Å². The van der Waals surface area contributed by atoms with Gasteiger partial charge in [0.05, 0.1) is 12.1 Å². The summed E-state index contributed by atoms with van der Waals surface area (Å²) >= 11 is 0. The van der Waals surface area contributed by atoms with Crippen molar-refractivity contribution >= 4 is 0 Å². The van der Waals surface area contributed by atoms with Crippen LogP contribution in [0.3, 0.4) is 0 Å². The van der Waals surface area contributed by atoms with Gasteiger partial charge in [-0.1, -0.05) is 5.16 Å². The van der Waals surface area contributed by atoms with Gasteiger partial charge in [-0.25, -0.2) is 0 Å². The molecule has 1 aliphatic rings. The second-order valence-electron chi connectivity index (χ2n) is 5.37. The zero-order valence-corrected chi connectivity index (χ0v) is 10.2. The first-order valence-corrected chi connectivity index (χ1v) is 5.75. The van der Waals surface area contributed by atoms with Crippen molar-refractivity contribution in [2.75, 3.05) is 13.6 Å². The lowest BCUT2D eigenvalue weighted by atomic mass is 10.1. The van der Waals surface area contributed by atoms with E-state index in [0.717, 1.165) is 12.5 Å². The van der Waals surface area contributed by atoms with Gasteiger partial charge < -0.3 is 10.3 Å². The summed E-state index contributed by atoms with van der Waals surface area (Å²) in [5.74, 6) is 2.09. The van der Waals surface area contributed by atoms with E-state index in [1.165, 1.54) is 12.8 Å². The van der Waals surface area contributed by atoms with E-state index in [9.17, 15) is 0 Å². The van der Waals surface area contributed by atoms with Gasteiger partial charge in [-0.3, -0.25) is 4.90 Å². The van der Waals surface area contributed by atoms with Gasteiger partial charge in [-0.15, -0.1) is 0 Å². The fourth-order valence-corrected chi connectivity index (χ4v) is 1.62. The Kier molecular flexibility index (Phi) is 2.99. The third-order valence-corrected chi connectivity index (χ3v) is 2.72. The zero-order chi connectivity index (χ0) is 11.8. The van der Waals surface area contributed by atoms with Crippen LogP contribution in [0.5, 0.6) is 0 Å². The van der Waals surface area contributed by atoms with Gasteiger partial charge in [-0.05, 0) is 39.7 Å². The second-order valence-corrected chi connectivity index (χ2v) is 5.37. The van der Waals surface area contributed by atoms with Crippen LogP contribution in [0.1, 0.15) is 38.4 Å². The van der Waals surface area contributed by atoms with Crippen LogP contribution < -0.4 is 5.73 Å². The molecule has 0 saturated heterocycles. The Bertz CT molecular complexity index is 351. The predicted octanol–water partition coefficient (Wildman–Crippen LogP) is 1.11. The molecule has 0 amide bonds. The molecule has 0 aromatic carbocycles. The van der Waals surface area contributed by atoms with Gasteiger partial charge in [0.1, 0.15) is 0 Å². The molecule has 1 aliphatic carbocycles. The fraction of sp³-hybridized carbons (Fsp3) is 0.818. The quantitative estimate of drug-likeness (QED) is 0.811. The van der Waals surface area contributed by atoms with Gasteiger partial charge in [0.15, 0.2) is 5.82 Å². The maximum absolute atomic E-state index is 5.89. The molecular weight excluding hydrogens is 204 g/mol. The maximum Gasteiger partial charge on any atom is 0.240 e. The average Bonchev–Trinajstić information content (AvgIpc) is 2.80. The summed E-state index contributed by atoms with van der Waals surface area (Å²) in [6, 6.07) is 0. The highest BCUT2D eigenvalue weighted by Crippen LogP contribution is 2.29. The third-order valence-electron chi connectivity index (χ3n) is 2.72. The van der Waals surface area contributed by atoms with Crippen molar-refractivity contribution in [2.24, 2.45) is 11.7 Å². The highest BCUT2D eigenvalue weighted by Gasteiger charge is 2.25. The van der Waals surface area contributed by atoms with Crippen molar-refractivity contribution in [3.8, 4) is 0 Å². The van der Waals surface area contributed by atoms with Crippen LogP contribution in [-0.4, -0.2) is 28.6 Å². The molecule has 2 rings (SSSR count). The first-order valence-electron chi connectivity index (χ1n) is 5.75. The molecular formula is C11H20N4O. The van der Waals surface area contributed by atoms with Crippen LogP contribution in [0.2, 0.25) is 0 Å². The Morgan fingerprint density at radius 3 is 2.69 bits per heavy atom. The van der Waals surface area contributed by atoms with E-state index in [4.69, 9.17) is 10.3 Å². The number of aromatic nitrogens is 2. The molecule has 1 aromatic rings. The van der Waals surface area contributed by atoms with Gasteiger partial charge in [-0.2, -0.15) is 4.98 Å². The minimum atomic E-state index is -0.531. The van der Waals surface area contributed by atoms with Crippen molar-refractivity contribution in [2.45, 2.75) is 38.8 Å². The molecule has 5 heteroatoms. The minimum Gasteiger partial charge on any atom is -0.338 e. The Labute approximate surface area is 96.0 Å². The lowest BCUT2D eigenvalue weighted by Crippen LogP contribution is -2.30. The topological polar surface area (TPSA) is 68.2 Å². The molecule has 1 aromatic heterocycles. The molecule has 0 atom stereocenters. The predicted molar refractivity (Wildman–Crippen MR) is 60.6 cm³/mol. The smallest absolute Gasteiger partial charge is 0.240 e. The summed E-state index contributed by atoms with van der Waals surface area (Å²) in [5.41, 5.74) is 5.36. The van der Waals surface area contributed by atoms with E-state index in [1.807, 2.05) is 13.8 Å². The molecule has 90 valence electrons. The Hall–Kier alpha value is -0.940. The Morgan fingerprint density at radius 1 is 1.50 bits per heavy atom. The average molecular weight is 224 g/mol. The molecule has 1 fully saturated rings. The summed E-state index contributed by atoms with van der Waals surface area (Å²) in [5, 5.41) is 3.90. The largest absolute Gasteiger partial charge is 0.338 e. The van der Waals surface area contributed by atoms with Crippen molar-refractivity contribution < 1.29 is 4.52 Å². The monoisotopic (exact) mass is 224 g/mol. The number of rotatable bonds is 5. The molecule has 2 N–H and O–H groups in total. The lowest BCUT2D eigenvalue weighted by molar-refractivity contribution is 0.258. The molecule has 1 saturated carbocycles. The summed E-state index contributed by atoms with van der Waals surface area (Å²) < 4.78 is 5.18. The molecule has 0 aliphatic heterocycles. The summed E-state index contributed by atoms with van der Waals surface area (Å²) in [6.45, 7) is 5.56. The van der Waals surface area contributed by atoms with Crippen LogP contribution in [0.15, 0.2) is 4.52 Å². The van der Waals surface area contributed by atoms with Crippen molar-refractivity contribution in [1.82, 2.24) is 15.0 Å². The third kappa shape index (κ3) is 3.02. The molecule has 0 radical (unpaired) electrons. The number of hydrogen-bond acceptors (Lipinski definition) is 5. The Morgan fingerprint density at radius 2 is 2.19 bits per heavy atom. The molecule has 0 unspecified atom stereocenters. The van der Waals surface area contributed by atoms with E-state index in [0.29, 0.717) is 18.3 Å². The van der Waals surface area contributed by atoms with Crippen molar-refractivity contribution in [3.05, 3.63) is 11.7 Å². The van der Waals surface area contributed by atoms with E-state index < -0.39 is 5.54 Å². The molecule has 0 bridgehead atoms. The summed E-state index contributed by atoms with van der Waals surface area (Å²) in [6.07, 6.45) is 2.71. The van der Waals surface area contributed by atoms with Crippen LogP contribution in [0.4, 0.5) is 0 Å². The van der Waals surface area contributed by atoms with Crippen molar-refractivity contribution in [3.63, 3.8) is 0 Å². The highest BCUT2D eigenvalue weighted by molar-refractivity contribution is 4.99. The SMILES string of the molecule is CN(Cc1nc(C(C)(C)N)no1)CC1CC1. The van der Waals surface area contributed by atoms with Gasteiger partial charge in [0.25, 0.3) is 0 Å². The first-order chi connectivity index (χ1) is 7.45. The normalized spacial score (nSPS) is 17.1. The van der Waals surface area contributed by atoms with E-state index in [2.05, 4.69) is 22.1 Å². The second kappa shape index (κ2) is 4.14. The van der Waals surface area contributed by atoms with Crippen LogP contribution in [0.25, 0.3) is 0 Å². The number of hydrogen-bond donors (Lipinski definition) is 1. The molecule has 5 nitrogen and oxygen atoms in total. The highest BCUT2D eigenvalue weighted by atomic mass is 16.5. The maximum atomic E-state index is 5.89. The lowest BCUT2D eigenvalue weighted by Gasteiger charge is -2.13. The van der Waals surface area contributed by atoms with Gasteiger partial charge in [0, 0.05) is 6.54 Å². The standard InChI is InChI=1S/C11H20N4O/c1-11(2,12)10-13-9(16-14-10)7-15(3)6-8-4-5-8/h8H,4-7,12H2,1-3H3. The Balaban J connectivity index is 1.91. The minimum absolute atomic E-state index is 0.531. The van der Waals surface area contributed by atoms with Gasteiger partial charge in [0.2, 0.25) is 5.89 Å². The van der Waals surface area contributed by atoms with Crippen LogP contribution in [-0.2, 0) is 12.1 Å². The number of nitrogens with zero attached hydrogens (tertiary/aromatic N) is 3. The fourth-order valence-electron chi connectivity index (χ4n) is 1.62. The summed E-state index contributed by atoms with van der Waals surface area (Å²) in [4.78, 5) is 6.53.